The fraction of sp³-hybridized carbons (Fsp3) is 0.333. The number of carbonyl (C=O) groups is 2. The van der Waals surface area contributed by atoms with Crippen LogP contribution in [0, 0.1) is 0 Å². The zero-order chi connectivity index (χ0) is 18.7. The van der Waals surface area contributed by atoms with Crippen molar-refractivity contribution in [2.75, 3.05) is 5.32 Å². The SMILES string of the molecule is CC(C)(C)OC(=O)N1Cc2ccccc2C[C@H]1C(=O)Nc1ccccc1. The van der Waals surface area contributed by atoms with Gasteiger partial charge in [0, 0.05) is 12.1 Å². The van der Waals surface area contributed by atoms with E-state index in [0.717, 1.165) is 11.1 Å². The van der Waals surface area contributed by atoms with Crippen LogP contribution in [0.4, 0.5) is 10.5 Å². The Kier molecular flexibility index (Phi) is 4.98. The molecule has 1 atom stereocenters. The van der Waals surface area contributed by atoms with Crippen LogP contribution in [0.1, 0.15) is 31.9 Å². The number of fused-ring (bicyclic) bond motifs is 1. The molecule has 2 aromatic rings. The lowest BCUT2D eigenvalue weighted by Gasteiger charge is -2.36. The van der Waals surface area contributed by atoms with Crippen LogP contribution in [-0.2, 0) is 22.5 Å². The smallest absolute Gasteiger partial charge is 0.411 e. The maximum atomic E-state index is 12.9. The lowest BCUT2D eigenvalue weighted by molar-refractivity contribution is -0.121. The molecule has 0 aromatic heterocycles. The maximum absolute atomic E-state index is 12.9. The monoisotopic (exact) mass is 352 g/mol. The highest BCUT2D eigenvalue weighted by Gasteiger charge is 2.36. The molecule has 0 fully saturated rings. The van der Waals surface area contributed by atoms with E-state index in [-0.39, 0.29) is 5.91 Å². The molecule has 26 heavy (non-hydrogen) atoms. The molecule has 5 nitrogen and oxygen atoms in total. The molecule has 0 saturated carbocycles. The molecular weight excluding hydrogens is 328 g/mol. The van der Waals surface area contributed by atoms with Gasteiger partial charge >= 0.3 is 6.09 Å². The van der Waals surface area contributed by atoms with E-state index in [9.17, 15) is 9.59 Å². The van der Waals surface area contributed by atoms with Crippen LogP contribution in [-0.4, -0.2) is 28.5 Å². The molecule has 5 heteroatoms. The first kappa shape index (κ1) is 18.0. The Morgan fingerprint density at radius 1 is 1.00 bits per heavy atom. The first-order valence-corrected chi connectivity index (χ1v) is 8.76. The standard InChI is InChI=1S/C21H24N2O3/c1-21(2,3)26-20(25)23-14-16-10-8-7-9-15(16)13-18(23)19(24)22-17-11-5-4-6-12-17/h4-12,18H,13-14H2,1-3H3,(H,22,24)/t18-/m0/s1. The van der Waals surface area contributed by atoms with Gasteiger partial charge in [0.2, 0.25) is 5.91 Å². The van der Waals surface area contributed by atoms with Gasteiger partial charge in [0.1, 0.15) is 11.6 Å². The van der Waals surface area contributed by atoms with Crippen LogP contribution in [0.5, 0.6) is 0 Å². The van der Waals surface area contributed by atoms with Crippen LogP contribution >= 0.6 is 0 Å². The van der Waals surface area contributed by atoms with Crippen LogP contribution in [0.3, 0.4) is 0 Å². The van der Waals surface area contributed by atoms with E-state index in [0.29, 0.717) is 18.7 Å². The minimum atomic E-state index is -0.617. The van der Waals surface area contributed by atoms with E-state index in [1.807, 2.05) is 75.4 Å². The lowest BCUT2D eigenvalue weighted by Crippen LogP contribution is -2.52. The summed E-state index contributed by atoms with van der Waals surface area (Å²) >= 11 is 0. The molecular formula is C21H24N2O3. The summed E-state index contributed by atoms with van der Waals surface area (Å²) in [4.78, 5) is 27.1. The number of para-hydroxylation sites is 1. The Morgan fingerprint density at radius 3 is 2.27 bits per heavy atom. The summed E-state index contributed by atoms with van der Waals surface area (Å²) in [6.07, 6.45) is -0.00567. The normalized spacial score (nSPS) is 16.6. The average Bonchev–Trinajstić information content (AvgIpc) is 2.60. The molecule has 3 rings (SSSR count). The van der Waals surface area contributed by atoms with Crippen molar-refractivity contribution in [1.82, 2.24) is 4.90 Å². The molecule has 1 aliphatic rings. The fourth-order valence-corrected chi connectivity index (χ4v) is 3.02. The third-order valence-electron chi connectivity index (χ3n) is 4.22. The van der Waals surface area contributed by atoms with Crippen molar-refractivity contribution >= 4 is 17.7 Å². The molecule has 0 unspecified atom stereocenters. The van der Waals surface area contributed by atoms with E-state index >= 15 is 0 Å². The van der Waals surface area contributed by atoms with E-state index in [1.54, 1.807) is 0 Å². The predicted molar refractivity (Wildman–Crippen MR) is 101 cm³/mol. The lowest BCUT2D eigenvalue weighted by atomic mass is 9.93. The Labute approximate surface area is 154 Å². The fourth-order valence-electron chi connectivity index (χ4n) is 3.02. The molecule has 1 aliphatic heterocycles. The topological polar surface area (TPSA) is 58.6 Å². The largest absolute Gasteiger partial charge is 0.444 e. The summed E-state index contributed by atoms with van der Waals surface area (Å²) in [7, 11) is 0. The van der Waals surface area contributed by atoms with Gasteiger partial charge in [-0.2, -0.15) is 0 Å². The van der Waals surface area contributed by atoms with Crippen LogP contribution in [0.25, 0.3) is 0 Å². The van der Waals surface area contributed by atoms with Gasteiger partial charge in [0.15, 0.2) is 0 Å². The van der Waals surface area contributed by atoms with Crippen LogP contribution in [0.2, 0.25) is 0 Å². The summed E-state index contributed by atoms with van der Waals surface area (Å²) in [6, 6.07) is 16.5. The highest BCUT2D eigenvalue weighted by Crippen LogP contribution is 2.26. The Hall–Kier alpha value is -2.82. The molecule has 1 N–H and O–H groups in total. The van der Waals surface area contributed by atoms with E-state index in [1.165, 1.54) is 4.90 Å². The zero-order valence-corrected chi connectivity index (χ0v) is 15.4. The van der Waals surface area contributed by atoms with Gasteiger partial charge in [-0.1, -0.05) is 42.5 Å². The number of anilines is 1. The predicted octanol–water partition coefficient (Wildman–Crippen LogP) is 3.99. The Balaban J connectivity index is 1.86. The molecule has 2 amide bonds. The summed E-state index contributed by atoms with van der Waals surface area (Å²) in [5.74, 6) is -0.212. The Bertz CT molecular complexity index is 796. The molecule has 0 radical (unpaired) electrons. The summed E-state index contributed by atoms with van der Waals surface area (Å²) in [5.41, 5.74) is 2.22. The van der Waals surface area contributed by atoms with E-state index in [2.05, 4.69) is 5.32 Å². The number of nitrogens with one attached hydrogen (secondary N) is 1. The van der Waals surface area contributed by atoms with Gasteiger partial charge < -0.3 is 10.1 Å². The third kappa shape index (κ3) is 4.23. The van der Waals surface area contributed by atoms with Crippen molar-refractivity contribution in [2.45, 2.75) is 45.4 Å². The van der Waals surface area contributed by atoms with Gasteiger partial charge in [-0.3, -0.25) is 9.69 Å². The average molecular weight is 352 g/mol. The number of hydrogen-bond acceptors (Lipinski definition) is 3. The van der Waals surface area contributed by atoms with Gasteiger partial charge in [-0.25, -0.2) is 4.79 Å². The highest BCUT2D eigenvalue weighted by atomic mass is 16.6. The Morgan fingerprint density at radius 2 is 1.62 bits per heavy atom. The molecule has 0 aliphatic carbocycles. The van der Waals surface area contributed by atoms with Crippen LogP contribution < -0.4 is 5.32 Å². The second-order valence-corrected chi connectivity index (χ2v) is 7.45. The number of carbonyl (C=O) groups excluding carboxylic acids is 2. The number of nitrogens with zero attached hydrogens (tertiary/aromatic N) is 1. The second-order valence-electron chi connectivity index (χ2n) is 7.45. The van der Waals surface area contributed by atoms with Gasteiger partial charge in [0.25, 0.3) is 0 Å². The summed E-state index contributed by atoms with van der Waals surface area (Å²) in [6.45, 7) is 5.82. The molecule has 0 spiro atoms. The quantitative estimate of drug-likeness (QED) is 0.889. The molecule has 0 bridgehead atoms. The van der Waals surface area contributed by atoms with Gasteiger partial charge in [-0.15, -0.1) is 0 Å². The first-order valence-electron chi connectivity index (χ1n) is 8.76. The number of amides is 2. The molecule has 136 valence electrons. The van der Waals surface area contributed by atoms with Crippen molar-refractivity contribution in [3.63, 3.8) is 0 Å². The number of benzene rings is 2. The summed E-state index contributed by atoms with van der Waals surface area (Å²) < 4.78 is 5.53. The summed E-state index contributed by atoms with van der Waals surface area (Å²) in [5, 5.41) is 2.90. The van der Waals surface area contributed by atoms with Gasteiger partial charge in [0.05, 0.1) is 6.54 Å². The van der Waals surface area contributed by atoms with Gasteiger partial charge in [-0.05, 0) is 44.0 Å². The van der Waals surface area contributed by atoms with Crippen LogP contribution in [0.15, 0.2) is 54.6 Å². The van der Waals surface area contributed by atoms with Crippen molar-refractivity contribution < 1.29 is 14.3 Å². The zero-order valence-electron chi connectivity index (χ0n) is 15.4. The number of ether oxygens (including phenoxy) is 1. The minimum absolute atomic E-state index is 0.212. The van der Waals surface area contributed by atoms with Crippen molar-refractivity contribution in [3.05, 3.63) is 65.7 Å². The third-order valence-corrected chi connectivity index (χ3v) is 4.22. The minimum Gasteiger partial charge on any atom is -0.444 e. The molecule has 0 saturated heterocycles. The maximum Gasteiger partial charge on any atom is 0.411 e. The highest BCUT2D eigenvalue weighted by molar-refractivity contribution is 5.97. The molecule has 2 aromatic carbocycles. The first-order chi connectivity index (χ1) is 12.3. The van der Waals surface area contributed by atoms with E-state index in [4.69, 9.17) is 4.74 Å². The number of rotatable bonds is 2. The second kappa shape index (κ2) is 7.20. The van der Waals surface area contributed by atoms with Crippen molar-refractivity contribution in [3.8, 4) is 0 Å². The van der Waals surface area contributed by atoms with Crippen molar-refractivity contribution in [1.29, 1.82) is 0 Å². The van der Waals surface area contributed by atoms with E-state index < -0.39 is 17.7 Å². The van der Waals surface area contributed by atoms with Crippen molar-refractivity contribution in [2.24, 2.45) is 0 Å². The molecule has 1 heterocycles. The number of hydrogen-bond donors (Lipinski definition) is 1.